The number of fused-ring (bicyclic) bond motifs is 3. The highest BCUT2D eigenvalue weighted by Crippen LogP contribution is 2.44. The van der Waals surface area contributed by atoms with Crippen molar-refractivity contribution in [3.8, 4) is 11.1 Å². The van der Waals surface area contributed by atoms with E-state index in [9.17, 15) is 15.0 Å². The van der Waals surface area contributed by atoms with E-state index in [2.05, 4.69) is 55.2 Å². The largest absolute Gasteiger partial charge is 0.444 e. The lowest BCUT2D eigenvalue weighted by Gasteiger charge is -2.39. The molecule has 2 fully saturated rings. The Morgan fingerprint density at radius 1 is 0.980 bits per heavy atom. The lowest BCUT2D eigenvalue weighted by Crippen LogP contribution is -2.48. The summed E-state index contributed by atoms with van der Waals surface area (Å²) in [6.45, 7) is 21.5. The number of piperidine rings is 1. The number of ether oxygens (including phenoxy) is 3. The van der Waals surface area contributed by atoms with Crippen molar-refractivity contribution in [2.24, 2.45) is 0 Å². The minimum Gasteiger partial charge on any atom is -0.444 e. The van der Waals surface area contributed by atoms with Crippen molar-refractivity contribution >= 4 is 33.7 Å². The van der Waals surface area contributed by atoms with Crippen LogP contribution in [0.3, 0.4) is 0 Å². The van der Waals surface area contributed by atoms with Gasteiger partial charge in [-0.15, -0.1) is 0 Å². The molecule has 0 aliphatic carbocycles. The number of carbonyl (C=O) groups is 1. The maximum Gasteiger partial charge on any atom is 0.410 e. The van der Waals surface area contributed by atoms with Gasteiger partial charge in [0.05, 0.1) is 18.5 Å². The third kappa shape index (κ3) is 10.4. The SMILES string of the molecule is CC(C)(C)OC(=O)N1C2CCC1CC(c1cc(N(COCC[Si](C)(C)C)COCC[Si](C)(C)C)n3ncc(-c4ccc(C(O)CO)nc4)c3n1)C2. The van der Waals surface area contributed by atoms with Gasteiger partial charge in [-0.05, 0) is 64.6 Å². The van der Waals surface area contributed by atoms with E-state index in [4.69, 9.17) is 24.3 Å². The fourth-order valence-electron chi connectivity index (χ4n) is 6.77. The Labute approximate surface area is 305 Å². The van der Waals surface area contributed by atoms with Crippen LogP contribution in [0.25, 0.3) is 16.8 Å². The van der Waals surface area contributed by atoms with Crippen LogP contribution in [0.2, 0.25) is 51.4 Å². The minimum absolute atomic E-state index is 0.0926. The number of hydrogen-bond donors (Lipinski definition) is 2. The van der Waals surface area contributed by atoms with Crippen LogP contribution in [-0.2, 0) is 14.2 Å². The van der Waals surface area contributed by atoms with Gasteiger partial charge in [0, 0.05) is 76.4 Å². The van der Waals surface area contributed by atoms with Crippen LogP contribution in [0.5, 0.6) is 0 Å². The van der Waals surface area contributed by atoms with Gasteiger partial charge in [-0.1, -0.05) is 45.3 Å². The summed E-state index contributed by atoms with van der Waals surface area (Å²) in [5, 5.41) is 24.4. The summed E-state index contributed by atoms with van der Waals surface area (Å²) in [5.74, 6) is 0.972. The highest BCUT2D eigenvalue weighted by atomic mass is 28.3. The predicted octanol–water partition coefficient (Wildman–Crippen LogP) is 6.89. The Balaban J connectivity index is 1.52. The van der Waals surface area contributed by atoms with E-state index in [1.54, 1.807) is 18.5 Å². The molecule has 51 heavy (non-hydrogen) atoms. The molecule has 0 aromatic carbocycles. The van der Waals surface area contributed by atoms with Crippen molar-refractivity contribution in [1.29, 1.82) is 0 Å². The first-order valence-corrected chi connectivity index (χ1v) is 25.9. The normalized spacial score (nSPS) is 20.2. The average Bonchev–Trinajstić information content (AvgIpc) is 3.59. The summed E-state index contributed by atoms with van der Waals surface area (Å²) in [6.07, 6.45) is 5.73. The second kappa shape index (κ2) is 16.0. The number of aliphatic hydroxyl groups is 2. The number of aromatic nitrogens is 4. The first kappa shape index (κ1) is 39.3. The summed E-state index contributed by atoms with van der Waals surface area (Å²) < 4.78 is 20.4. The van der Waals surface area contributed by atoms with E-state index in [0.717, 1.165) is 60.4 Å². The summed E-state index contributed by atoms with van der Waals surface area (Å²) in [7, 11) is -2.58. The average molecular weight is 741 g/mol. The van der Waals surface area contributed by atoms with Crippen molar-refractivity contribution in [3.63, 3.8) is 0 Å². The summed E-state index contributed by atoms with van der Waals surface area (Å²) >= 11 is 0. The van der Waals surface area contributed by atoms with E-state index in [1.807, 2.05) is 36.3 Å². The van der Waals surface area contributed by atoms with Crippen LogP contribution in [0, 0.1) is 0 Å². The quantitative estimate of drug-likeness (QED) is 0.0964. The monoisotopic (exact) mass is 740 g/mol. The zero-order chi connectivity index (χ0) is 37.1. The van der Waals surface area contributed by atoms with Crippen molar-refractivity contribution < 1.29 is 29.2 Å². The number of anilines is 1. The van der Waals surface area contributed by atoms with E-state index in [0.29, 0.717) is 38.0 Å². The van der Waals surface area contributed by atoms with Crippen LogP contribution in [0.4, 0.5) is 10.6 Å². The molecule has 282 valence electrons. The van der Waals surface area contributed by atoms with Crippen LogP contribution in [0.15, 0.2) is 30.6 Å². The highest BCUT2D eigenvalue weighted by molar-refractivity contribution is 6.76. The smallest absolute Gasteiger partial charge is 0.410 e. The molecule has 1 amide bonds. The Morgan fingerprint density at radius 3 is 2.10 bits per heavy atom. The molecule has 0 spiro atoms. The van der Waals surface area contributed by atoms with E-state index < -0.39 is 34.5 Å². The second-order valence-electron chi connectivity index (χ2n) is 17.7. The molecule has 2 saturated heterocycles. The lowest BCUT2D eigenvalue weighted by molar-refractivity contribution is 0.00568. The van der Waals surface area contributed by atoms with Gasteiger partial charge in [-0.25, -0.2) is 9.78 Å². The number of aliphatic hydroxyl groups excluding tert-OH is 2. The van der Waals surface area contributed by atoms with Gasteiger partial charge in [-0.2, -0.15) is 9.61 Å². The molecule has 12 nitrogen and oxygen atoms in total. The Bertz CT molecular complexity index is 1580. The zero-order valence-electron chi connectivity index (χ0n) is 32.2. The number of nitrogens with zero attached hydrogens (tertiary/aromatic N) is 6. The van der Waals surface area contributed by atoms with Crippen molar-refractivity contribution in [1.82, 2.24) is 24.5 Å². The number of pyridine rings is 1. The number of carbonyl (C=O) groups excluding carboxylic acids is 1. The maximum atomic E-state index is 13.3. The van der Waals surface area contributed by atoms with Crippen LogP contribution in [-0.4, -0.2) is 108 Å². The fourth-order valence-corrected chi connectivity index (χ4v) is 8.28. The van der Waals surface area contributed by atoms with Crippen LogP contribution in [0.1, 0.15) is 69.9 Å². The molecule has 3 aromatic rings. The molecule has 2 bridgehead atoms. The zero-order valence-corrected chi connectivity index (χ0v) is 34.2. The molecule has 2 N–H and O–H groups in total. The molecule has 3 aromatic heterocycles. The Hall–Kier alpha value is -2.89. The highest BCUT2D eigenvalue weighted by Gasteiger charge is 2.45. The molecule has 14 heteroatoms. The minimum atomic E-state index is -1.29. The van der Waals surface area contributed by atoms with Crippen molar-refractivity contribution in [2.75, 3.05) is 38.2 Å². The molecule has 2 aliphatic rings. The third-order valence-corrected chi connectivity index (χ3v) is 13.1. The number of amides is 1. The van der Waals surface area contributed by atoms with Gasteiger partial charge in [-0.3, -0.25) is 4.98 Å². The maximum absolute atomic E-state index is 13.3. The third-order valence-electron chi connectivity index (χ3n) is 9.65. The van der Waals surface area contributed by atoms with Gasteiger partial charge in [0.15, 0.2) is 5.65 Å². The standard InChI is InChI=1S/C37H60N6O6Si2/c1-37(2,3)49-36(46)42-28-11-12-29(42)19-27(18-28)32-20-34(41(24-47-14-16-50(4,5)6)25-48-15-17-51(7,8)9)43-35(40-32)30(22-39-43)26-10-13-31(38-21-26)33(45)23-44/h10,13,20-22,27-29,33,44-45H,11-12,14-19,23-25H2,1-9H3. The number of rotatable bonds is 15. The molecular formula is C37H60N6O6Si2. The molecule has 0 radical (unpaired) electrons. The second-order valence-corrected chi connectivity index (χ2v) is 28.9. The van der Waals surface area contributed by atoms with Gasteiger partial charge in [0.2, 0.25) is 0 Å². The van der Waals surface area contributed by atoms with Gasteiger partial charge in [0.25, 0.3) is 0 Å². The number of hydrogen-bond acceptors (Lipinski definition) is 10. The van der Waals surface area contributed by atoms with E-state index in [-0.39, 0.29) is 24.1 Å². The topological polar surface area (TPSA) is 135 Å². The lowest BCUT2D eigenvalue weighted by atomic mass is 9.88. The van der Waals surface area contributed by atoms with Gasteiger partial charge in [0.1, 0.15) is 31.0 Å². The Kier molecular flexibility index (Phi) is 12.3. The molecule has 0 saturated carbocycles. The molecule has 3 atom stereocenters. The summed E-state index contributed by atoms with van der Waals surface area (Å²) in [4.78, 5) is 27.1. The van der Waals surface area contributed by atoms with E-state index in [1.165, 1.54) is 0 Å². The predicted molar refractivity (Wildman–Crippen MR) is 206 cm³/mol. The summed E-state index contributed by atoms with van der Waals surface area (Å²) in [5.41, 5.74) is 3.11. The van der Waals surface area contributed by atoms with Crippen molar-refractivity contribution in [3.05, 3.63) is 42.0 Å². The fraction of sp³-hybridized carbons (Fsp3) is 0.676. The first-order chi connectivity index (χ1) is 23.9. The molecule has 5 heterocycles. The van der Waals surface area contributed by atoms with Crippen LogP contribution >= 0.6 is 0 Å². The van der Waals surface area contributed by atoms with Crippen LogP contribution < -0.4 is 4.90 Å². The molecule has 2 aliphatic heterocycles. The van der Waals surface area contributed by atoms with Crippen molar-refractivity contribution in [2.45, 2.75) is 128 Å². The van der Waals surface area contributed by atoms with Gasteiger partial charge < -0.3 is 34.2 Å². The Morgan fingerprint density at radius 2 is 1.59 bits per heavy atom. The van der Waals surface area contributed by atoms with E-state index >= 15 is 0 Å². The molecule has 5 rings (SSSR count). The molecular weight excluding hydrogens is 681 g/mol. The molecule has 3 unspecified atom stereocenters. The summed E-state index contributed by atoms with van der Waals surface area (Å²) in [6, 6.07) is 8.05. The first-order valence-electron chi connectivity index (χ1n) is 18.5. The van der Waals surface area contributed by atoms with Gasteiger partial charge >= 0.3 is 6.09 Å².